The molecule has 1 aliphatic rings. The van der Waals surface area contributed by atoms with Crippen LogP contribution in [0.15, 0.2) is 58.5 Å². The van der Waals surface area contributed by atoms with E-state index in [1.807, 2.05) is 38.1 Å². The molecule has 7 nitrogen and oxygen atoms in total. The van der Waals surface area contributed by atoms with Crippen LogP contribution < -0.4 is 10.1 Å². The lowest BCUT2D eigenvalue weighted by Crippen LogP contribution is -2.35. The first-order chi connectivity index (χ1) is 16.8. The van der Waals surface area contributed by atoms with Gasteiger partial charge in [-0.2, -0.15) is 4.31 Å². The Kier molecular flexibility index (Phi) is 7.98. The van der Waals surface area contributed by atoms with Crippen molar-refractivity contribution in [3.05, 3.63) is 54.1 Å². The molecule has 0 aliphatic carbocycles. The van der Waals surface area contributed by atoms with Crippen molar-refractivity contribution in [3.8, 4) is 5.75 Å². The van der Waals surface area contributed by atoms with Crippen LogP contribution in [0.1, 0.15) is 38.2 Å². The number of carbonyl (C=O) groups excluding carboxylic acids is 1. The van der Waals surface area contributed by atoms with Gasteiger partial charge in [0.05, 0.1) is 22.3 Å². The van der Waals surface area contributed by atoms with Crippen molar-refractivity contribution in [2.45, 2.75) is 54.7 Å². The number of methoxy groups -OCH3 is 1. The fourth-order valence-corrected chi connectivity index (χ4v) is 6.77. The van der Waals surface area contributed by atoms with Crippen LogP contribution in [-0.2, 0) is 14.8 Å². The molecule has 1 N–H and O–H groups in total. The lowest BCUT2D eigenvalue weighted by molar-refractivity contribution is -0.115. The highest BCUT2D eigenvalue weighted by atomic mass is 32.2. The van der Waals surface area contributed by atoms with Gasteiger partial charge in [0, 0.05) is 24.2 Å². The van der Waals surface area contributed by atoms with E-state index in [2.05, 4.69) is 5.32 Å². The normalized spacial score (nSPS) is 15.6. The second kappa shape index (κ2) is 11.0. The summed E-state index contributed by atoms with van der Waals surface area (Å²) in [7, 11) is -1.88. The molecule has 0 saturated carbocycles. The average molecular weight is 514 g/mol. The minimum atomic E-state index is -3.50. The van der Waals surface area contributed by atoms with Gasteiger partial charge in [-0.05, 0) is 68.1 Å². The Balaban J connectivity index is 1.47. The van der Waals surface area contributed by atoms with Gasteiger partial charge in [0.15, 0.2) is 0 Å². The van der Waals surface area contributed by atoms with Gasteiger partial charge in [0.25, 0.3) is 0 Å². The fourth-order valence-electron chi connectivity index (χ4n) is 4.24. The highest BCUT2D eigenvalue weighted by Crippen LogP contribution is 2.32. The Morgan fingerprint density at radius 3 is 2.51 bits per heavy atom. The lowest BCUT2D eigenvalue weighted by Gasteiger charge is -2.25. The van der Waals surface area contributed by atoms with Crippen LogP contribution in [0.25, 0.3) is 10.9 Å². The van der Waals surface area contributed by atoms with Crippen molar-refractivity contribution in [2.24, 2.45) is 0 Å². The standard InChI is InChI=1S/C26H31N3O4S2/c1-4-23(34-24-17-18(2)21-9-8-10-22(33-3)25(21)28-24)26(30)27-19-11-13-20(14-12-19)35(31,32)29-15-6-5-7-16-29/h8-14,17,23H,4-7,15-16H2,1-3H3,(H,27,30). The summed E-state index contributed by atoms with van der Waals surface area (Å²) >= 11 is 1.41. The Hall–Kier alpha value is -2.62. The van der Waals surface area contributed by atoms with Gasteiger partial charge in [-0.3, -0.25) is 4.79 Å². The van der Waals surface area contributed by atoms with Crippen LogP contribution in [0.3, 0.4) is 0 Å². The number of aryl methyl sites for hydroxylation is 1. The highest BCUT2D eigenvalue weighted by Gasteiger charge is 2.26. The van der Waals surface area contributed by atoms with E-state index in [-0.39, 0.29) is 16.1 Å². The van der Waals surface area contributed by atoms with Crippen LogP contribution in [0, 0.1) is 6.92 Å². The smallest absolute Gasteiger partial charge is 0.243 e. The summed E-state index contributed by atoms with van der Waals surface area (Å²) in [5.74, 6) is 0.550. The largest absolute Gasteiger partial charge is 0.494 e. The van der Waals surface area contributed by atoms with Crippen LogP contribution in [0.2, 0.25) is 0 Å². The molecule has 1 fully saturated rings. The van der Waals surface area contributed by atoms with Gasteiger partial charge in [0.1, 0.15) is 11.3 Å². The van der Waals surface area contributed by atoms with E-state index in [1.54, 1.807) is 35.7 Å². The number of thioether (sulfide) groups is 1. The molecule has 186 valence electrons. The van der Waals surface area contributed by atoms with Crippen molar-refractivity contribution >= 4 is 44.3 Å². The van der Waals surface area contributed by atoms with Crippen LogP contribution in [0.4, 0.5) is 5.69 Å². The van der Waals surface area contributed by atoms with Crippen molar-refractivity contribution < 1.29 is 17.9 Å². The molecule has 1 aliphatic heterocycles. The number of rotatable bonds is 8. The summed E-state index contributed by atoms with van der Waals surface area (Å²) in [6.07, 6.45) is 3.46. The predicted molar refractivity (Wildman–Crippen MR) is 141 cm³/mol. The van der Waals surface area contributed by atoms with E-state index < -0.39 is 10.0 Å². The molecule has 1 amide bonds. The molecule has 1 aromatic heterocycles. The quantitative estimate of drug-likeness (QED) is 0.415. The number of para-hydroxylation sites is 1. The number of fused-ring (bicyclic) bond motifs is 1. The third-order valence-corrected chi connectivity index (χ3v) is 9.40. The predicted octanol–water partition coefficient (Wildman–Crippen LogP) is 5.24. The van der Waals surface area contributed by atoms with E-state index in [0.717, 1.165) is 40.8 Å². The number of ether oxygens (including phenoxy) is 1. The summed E-state index contributed by atoms with van der Waals surface area (Å²) in [5.41, 5.74) is 2.41. The molecule has 9 heteroatoms. The van der Waals surface area contributed by atoms with Crippen molar-refractivity contribution in [1.29, 1.82) is 0 Å². The molecule has 1 unspecified atom stereocenters. The number of pyridine rings is 1. The van der Waals surface area contributed by atoms with Gasteiger partial charge in [-0.1, -0.05) is 37.2 Å². The molecule has 0 bridgehead atoms. The molecule has 0 radical (unpaired) electrons. The number of sulfonamides is 1. The molecule has 0 spiro atoms. The Morgan fingerprint density at radius 2 is 1.86 bits per heavy atom. The van der Waals surface area contributed by atoms with E-state index in [1.165, 1.54) is 11.8 Å². The van der Waals surface area contributed by atoms with Crippen LogP contribution in [0.5, 0.6) is 5.75 Å². The number of hydrogen-bond donors (Lipinski definition) is 1. The zero-order chi connectivity index (χ0) is 25.0. The summed E-state index contributed by atoms with van der Waals surface area (Å²) in [4.78, 5) is 18.0. The Morgan fingerprint density at radius 1 is 1.14 bits per heavy atom. The van der Waals surface area contributed by atoms with Gasteiger partial charge in [0.2, 0.25) is 15.9 Å². The molecule has 4 rings (SSSR count). The summed E-state index contributed by atoms with van der Waals surface area (Å²) in [6.45, 7) is 5.10. The van der Waals surface area contributed by atoms with Gasteiger partial charge in [-0.15, -0.1) is 0 Å². The summed E-state index contributed by atoms with van der Waals surface area (Å²) in [6, 6.07) is 14.2. The monoisotopic (exact) mass is 513 g/mol. The molecule has 2 aromatic carbocycles. The molecular formula is C26H31N3O4S2. The van der Waals surface area contributed by atoms with E-state index in [4.69, 9.17) is 9.72 Å². The number of nitrogens with zero attached hydrogens (tertiary/aromatic N) is 2. The molecule has 1 saturated heterocycles. The second-order valence-corrected chi connectivity index (χ2v) is 11.8. The minimum absolute atomic E-state index is 0.149. The Labute approximate surface area is 211 Å². The van der Waals surface area contributed by atoms with Crippen LogP contribution in [-0.4, -0.2) is 49.1 Å². The number of amides is 1. The van der Waals surface area contributed by atoms with E-state index in [0.29, 0.717) is 30.9 Å². The first-order valence-electron chi connectivity index (χ1n) is 11.9. The molecule has 1 atom stereocenters. The number of nitrogens with one attached hydrogen (secondary N) is 1. The maximum absolute atomic E-state index is 13.0. The number of hydrogen-bond acceptors (Lipinski definition) is 6. The zero-order valence-electron chi connectivity index (χ0n) is 20.3. The number of piperidine rings is 1. The maximum Gasteiger partial charge on any atom is 0.243 e. The first kappa shape index (κ1) is 25.5. The first-order valence-corrected chi connectivity index (χ1v) is 14.2. The van der Waals surface area contributed by atoms with E-state index in [9.17, 15) is 13.2 Å². The maximum atomic E-state index is 13.0. The molecule has 3 aromatic rings. The lowest BCUT2D eigenvalue weighted by atomic mass is 10.1. The summed E-state index contributed by atoms with van der Waals surface area (Å²) in [5, 5.41) is 4.34. The van der Waals surface area contributed by atoms with Crippen molar-refractivity contribution in [1.82, 2.24) is 9.29 Å². The number of benzene rings is 2. The van der Waals surface area contributed by atoms with Gasteiger partial charge in [-0.25, -0.2) is 13.4 Å². The molecular weight excluding hydrogens is 482 g/mol. The number of carbonyl (C=O) groups is 1. The summed E-state index contributed by atoms with van der Waals surface area (Å²) < 4.78 is 32.7. The average Bonchev–Trinajstić information content (AvgIpc) is 2.87. The topological polar surface area (TPSA) is 88.6 Å². The third-order valence-electron chi connectivity index (χ3n) is 6.21. The van der Waals surface area contributed by atoms with Crippen LogP contribution >= 0.6 is 11.8 Å². The molecule has 35 heavy (non-hydrogen) atoms. The highest BCUT2D eigenvalue weighted by molar-refractivity contribution is 8.00. The number of anilines is 1. The number of aromatic nitrogens is 1. The van der Waals surface area contributed by atoms with Gasteiger partial charge >= 0.3 is 0 Å². The minimum Gasteiger partial charge on any atom is -0.494 e. The SMILES string of the molecule is CCC(Sc1cc(C)c2cccc(OC)c2n1)C(=O)Nc1ccc(S(=O)(=O)N2CCCCC2)cc1. The zero-order valence-corrected chi connectivity index (χ0v) is 21.9. The fraction of sp³-hybridized carbons (Fsp3) is 0.385. The van der Waals surface area contributed by atoms with Crippen molar-refractivity contribution in [2.75, 3.05) is 25.5 Å². The van der Waals surface area contributed by atoms with Gasteiger partial charge < -0.3 is 10.1 Å². The second-order valence-electron chi connectivity index (χ2n) is 8.63. The van der Waals surface area contributed by atoms with Crippen molar-refractivity contribution in [3.63, 3.8) is 0 Å². The third kappa shape index (κ3) is 5.63. The molecule has 2 heterocycles. The van der Waals surface area contributed by atoms with E-state index >= 15 is 0 Å². The Bertz CT molecular complexity index is 1300.